The van der Waals surface area contributed by atoms with Gasteiger partial charge in [0.25, 0.3) is 0 Å². The second-order valence-electron chi connectivity index (χ2n) is 6.60. The number of anilines is 1. The maximum Gasteiger partial charge on any atom is 0.225 e. The van der Waals surface area contributed by atoms with Crippen LogP contribution in [0.3, 0.4) is 0 Å². The topological polar surface area (TPSA) is 45.7 Å². The number of halogens is 1. The van der Waals surface area contributed by atoms with Crippen LogP contribution in [0.5, 0.6) is 5.75 Å². The number of pyridine rings is 1. The van der Waals surface area contributed by atoms with E-state index in [0.717, 1.165) is 43.1 Å². The highest BCUT2D eigenvalue weighted by molar-refractivity contribution is 6.30. The minimum absolute atomic E-state index is 0.0539. The van der Waals surface area contributed by atoms with Crippen molar-refractivity contribution in [3.8, 4) is 5.75 Å². The lowest BCUT2D eigenvalue weighted by atomic mass is 9.95. The first-order valence-electron chi connectivity index (χ1n) is 8.82. The molecule has 0 N–H and O–H groups in total. The first-order chi connectivity index (χ1) is 12.6. The highest BCUT2D eigenvalue weighted by atomic mass is 35.5. The summed E-state index contributed by atoms with van der Waals surface area (Å²) in [5.74, 6) is 1.98. The Balaban J connectivity index is 1.56. The number of benzene rings is 1. The van der Waals surface area contributed by atoms with Gasteiger partial charge in [0.2, 0.25) is 5.91 Å². The van der Waals surface area contributed by atoms with Crippen LogP contribution in [0.25, 0.3) is 0 Å². The van der Waals surface area contributed by atoms with E-state index in [-0.39, 0.29) is 11.8 Å². The van der Waals surface area contributed by atoms with Gasteiger partial charge in [-0.3, -0.25) is 4.79 Å². The maximum absolute atomic E-state index is 12.8. The van der Waals surface area contributed by atoms with Gasteiger partial charge in [-0.05, 0) is 31.0 Å². The molecular formula is C20H24ClN3O2. The van der Waals surface area contributed by atoms with Crippen molar-refractivity contribution in [3.05, 3.63) is 53.2 Å². The molecule has 0 atom stereocenters. The van der Waals surface area contributed by atoms with E-state index in [2.05, 4.69) is 9.88 Å². The number of para-hydroxylation sites is 1. The van der Waals surface area contributed by atoms with Crippen molar-refractivity contribution < 1.29 is 9.53 Å². The van der Waals surface area contributed by atoms with Crippen molar-refractivity contribution in [1.29, 1.82) is 0 Å². The molecule has 0 saturated carbocycles. The van der Waals surface area contributed by atoms with Crippen LogP contribution >= 0.6 is 11.6 Å². The number of amides is 1. The number of ether oxygens (including phenoxy) is 1. The molecule has 138 valence electrons. The first kappa shape index (κ1) is 18.5. The fraction of sp³-hybridized carbons (Fsp3) is 0.400. The van der Waals surface area contributed by atoms with E-state index in [1.807, 2.05) is 43.4 Å². The average Bonchev–Trinajstić information content (AvgIpc) is 2.68. The summed E-state index contributed by atoms with van der Waals surface area (Å²) in [5.41, 5.74) is 1.02. The van der Waals surface area contributed by atoms with Crippen molar-refractivity contribution in [2.75, 3.05) is 32.1 Å². The third-order valence-electron chi connectivity index (χ3n) is 4.86. The molecule has 1 saturated heterocycles. The molecule has 3 rings (SSSR count). The number of piperidine rings is 1. The van der Waals surface area contributed by atoms with E-state index < -0.39 is 0 Å². The predicted molar refractivity (Wildman–Crippen MR) is 104 cm³/mol. The first-order valence-corrected chi connectivity index (χ1v) is 9.19. The standard InChI is InChI=1S/C20H24ClN3O2/c1-23(14-16-5-3-4-6-18(16)26-2)20(25)15-9-11-24(12-10-15)19-8-7-17(21)13-22-19/h3-8,13,15H,9-12,14H2,1-2H3. The monoisotopic (exact) mass is 373 g/mol. The van der Waals surface area contributed by atoms with Crippen LogP contribution in [0.1, 0.15) is 18.4 Å². The van der Waals surface area contributed by atoms with Crippen molar-refractivity contribution in [3.63, 3.8) is 0 Å². The third kappa shape index (κ3) is 4.28. The van der Waals surface area contributed by atoms with Crippen LogP contribution in [0, 0.1) is 5.92 Å². The second-order valence-corrected chi connectivity index (χ2v) is 7.04. The molecule has 6 heteroatoms. The minimum atomic E-state index is 0.0539. The number of aromatic nitrogens is 1. The molecule has 0 aliphatic carbocycles. The summed E-state index contributed by atoms with van der Waals surface area (Å²) < 4.78 is 5.38. The summed E-state index contributed by atoms with van der Waals surface area (Å²) in [5, 5.41) is 0.636. The number of methoxy groups -OCH3 is 1. The zero-order valence-electron chi connectivity index (χ0n) is 15.2. The normalized spacial score (nSPS) is 15.0. The molecule has 1 aliphatic rings. The molecule has 2 heterocycles. The summed E-state index contributed by atoms with van der Waals surface area (Å²) in [6, 6.07) is 11.6. The summed E-state index contributed by atoms with van der Waals surface area (Å²) >= 11 is 5.90. The van der Waals surface area contributed by atoms with Gasteiger partial charge >= 0.3 is 0 Å². The molecular weight excluding hydrogens is 350 g/mol. The van der Waals surface area contributed by atoms with E-state index in [4.69, 9.17) is 16.3 Å². The molecule has 1 aromatic heterocycles. The Labute approximate surface area is 159 Å². The van der Waals surface area contributed by atoms with Crippen LogP contribution in [-0.4, -0.2) is 43.0 Å². The lowest BCUT2D eigenvalue weighted by molar-refractivity contribution is -0.135. The highest BCUT2D eigenvalue weighted by Gasteiger charge is 2.28. The van der Waals surface area contributed by atoms with Crippen molar-refractivity contribution in [2.45, 2.75) is 19.4 Å². The largest absolute Gasteiger partial charge is 0.496 e. The zero-order chi connectivity index (χ0) is 18.5. The number of hydrogen-bond acceptors (Lipinski definition) is 4. The van der Waals surface area contributed by atoms with Gasteiger partial charge < -0.3 is 14.5 Å². The Bertz CT molecular complexity index is 743. The lowest BCUT2D eigenvalue weighted by Crippen LogP contribution is -2.41. The molecule has 0 bridgehead atoms. The zero-order valence-corrected chi connectivity index (χ0v) is 15.9. The fourth-order valence-corrected chi connectivity index (χ4v) is 3.50. The molecule has 26 heavy (non-hydrogen) atoms. The molecule has 1 aliphatic heterocycles. The molecule has 0 spiro atoms. The summed E-state index contributed by atoms with van der Waals surface area (Å²) in [7, 11) is 3.52. The van der Waals surface area contributed by atoms with Crippen LogP contribution in [0.2, 0.25) is 5.02 Å². The number of nitrogens with zero attached hydrogens (tertiary/aromatic N) is 3. The number of carbonyl (C=O) groups is 1. The smallest absolute Gasteiger partial charge is 0.225 e. The SMILES string of the molecule is COc1ccccc1CN(C)C(=O)C1CCN(c2ccc(Cl)cn2)CC1. The van der Waals surface area contributed by atoms with Gasteiger partial charge in [0.1, 0.15) is 11.6 Å². The molecule has 2 aromatic rings. The summed E-state index contributed by atoms with van der Waals surface area (Å²) in [6.45, 7) is 2.21. The summed E-state index contributed by atoms with van der Waals surface area (Å²) in [4.78, 5) is 21.2. The van der Waals surface area contributed by atoms with E-state index in [1.165, 1.54) is 0 Å². The number of carbonyl (C=O) groups excluding carboxylic acids is 1. The van der Waals surface area contributed by atoms with Crippen LogP contribution < -0.4 is 9.64 Å². The number of hydrogen-bond donors (Lipinski definition) is 0. The van der Waals surface area contributed by atoms with Gasteiger partial charge in [0, 0.05) is 44.4 Å². The fourth-order valence-electron chi connectivity index (χ4n) is 3.39. The predicted octanol–water partition coefficient (Wildman–Crippen LogP) is 3.62. The third-order valence-corrected chi connectivity index (χ3v) is 5.08. The highest BCUT2D eigenvalue weighted by Crippen LogP contribution is 2.25. The van der Waals surface area contributed by atoms with Gasteiger partial charge in [-0.1, -0.05) is 29.8 Å². The average molecular weight is 374 g/mol. The molecule has 1 fully saturated rings. The van der Waals surface area contributed by atoms with Gasteiger partial charge in [0.15, 0.2) is 0 Å². The quantitative estimate of drug-likeness (QED) is 0.803. The summed E-state index contributed by atoms with van der Waals surface area (Å²) in [6.07, 6.45) is 3.33. The molecule has 0 radical (unpaired) electrons. The molecule has 0 unspecified atom stereocenters. The Hall–Kier alpha value is -2.27. The van der Waals surface area contributed by atoms with Crippen molar-refractivity contribution >= 4 is 23.3 Å². The van der Waals surface area contributed by atoms with E-state index in [1.54, 1.807) is 18.2 Å². The Kier molecular flexibility index (Phi) is 5.99. The minimum Gasteiger partial charge on any atom is -0.496 e. The van der Waals surface area contributed by atoms with Gasteiger partial charge in [-0.25, -0.2) is 4.98 Å². The lowest BCUT2D eigenvalue weighted by Gasteiger charge is -2.34. The molecule has 1 amide bonds. The Morgan fingerprint density at radius 1 is 1.27 bits per heavy atom. The van der Waals surface area contributed by atoms with Gasteiger partial charge in [0.05, 0.1) is 12.1 Å². The number of rotatable bonds is 5. The van der Waals surface area contributed by atoms with Crippen molar-refractivity contribution in [2.24, 2.45) is 5.92 Å². The van der Waals surface area contributed by atoms with Crippen molar-refractivity contribution in [1.82, 2.24) is 9.88 Å². The Morgan fingerprint density at radius 3 is 2.65 bits per heavy atom. The van der Waals surface area contributed by atoms with Crippen LogP contribution in [0.15, 0.2) is 42.6 Å². The maximum atomic E-state index is 12.8. The van der Waals surface area contributed by atoms with Crippen LogP contribution in [0.4, 0.5) is 5.82 Å². The van der Waals surface area contributed by atoms with E-state index in [0.29, 0.717) is 11.6 Å². The second kappa shape index (κ2) is 8.41. The van der Waals surface area contributed by atoms with Gasteiger partial charge in [-0.2, -0.15) is 0 Å². The van der Waals surface area contributed by atoms with E-state index >= 15 is 0 Å². The molecule has 1 aromatic carbocycles. The Morgan fingerprint density at radius 2 is 2.00 bits per heavy atom. The van der Waals surface area contributed by atoms with Crippen LogP contribution in [-0.2, 0) is 11.3 Å². The molecule has 5 nitrogen and oxygen atoms in total. The van der Waals surface area contributed by atoms with E-state index in [9.17, 15) is 4.79 Å². The van der Waals surface area contributed by atoms with Gasteiger partial charge in [-0.15, -0.1) is 0 Å².